The molecular formula is C9H7FN4O4S. The van der Waals surface area contributed by atoms with Gasteiger partial charge in [-0.05, 0) is 12.1 Å². The second-order valence-corrected chi connectivity index (χ2v) is 5.11. The van der Waals surface area contributed by atoms with Crippen LogP contribution < -0.4 is 4.72 Å². The van der Waals surface area contributed by atoms with Crippen LogP contribution in [0.2, 0.25) is 0 Å². The number of rotatable bonds is 4. The lowest BCUT2D eigenvalue weighted by Crippen LogP contribution is -2.14. The van der Waals surface area contributed by atoms with Gasteiger partial charge in [-0.3, -0.25) is 19.9 Å². The maximum Gasteiger partial charge on any atom is 0.292 e. The Kier molecular flexibility index (Phi) is 3.17. The van der Waals surface area contributed by atoms with Gasteiger partial charge in [0.2, 0.25) is 0 Å². The maximum absolute atomic E-state index is 12.9. The molecule has 8 nitrogen and oxygen atoms in total. The summed E-state index contributed by atoms with van der Waals surface area (Å²) in [7, 11) is -4.19. The molecule has 0 fully saturated rings. The first kappa shape index (κ1) is 13.0. The lowest BCUT2D eigenvalue weighted by molar-refractivity contribution is -0.388. The molecule has 1 heterocycles. The van der Waals surface area contributed by atoms with Crippen molar-refractivity contribution in [3.8, 4) is 0 Å². The summed E-state index contributed by atoms with van der Waals surface area (Å²) in [6.45, 7) is 0. The summed E-state index contributed by atoms with van der Waals surface area (Å²) in [5.41, 5.74) is -0.727. The molecule has 0 spiro atoms. The lowest BCUT2D eigenvalue weighted by Gasteiger charge is -2.06. The van der Waals surface area contributed by atoms with Gasteiger partial charge in [0, 0.05) is 6.20 Å². The number of halogens is 1. The van der Waals surface area contributed by atoms with Crippen molar-refractivity contribution in [2.24, 2.45) is 0 Å². The average Bonchev–Trinajstić information content (AvgIpc) is 2.80. The number of H-pyrrole nitrogens is 1. The molecule has 0 radical (unpaired) electrons. The zero-order valence-corrected chi connectivity index (χ0v) is 10.0. The zero-order chi connectivity index (χ0) is 14.0. The average molecular weight is 286 g/mol. The minimum absolute atomic E-state index is 0.110. The number of hydrogen-bond acceptors (Lipinski definition) is 5. The molecule has 2 aromatic rings. The van der Waals surface area contributed by atoms with E-state index in [9.17, 15) is 22.9 Å². The van der Waals surface area contributed by atoms with E-state index in [0.717, 1.165) is 12.1 Å². The molecule has 2 N–H and O–H groups in total. The molecule has 0 aliphatic carbocycles. The quantitative estimate of drug-likeness (QED) is 0.648. The number of nitro benzene ring substituents is 1. The summed E-state index contributed by atoms with van der Waals surface area (Å²) in [4.78, 5) is 9.16. The van der Waals surface area contributed by atoms with Crippen molar-refractivity contribution >= 4 is 21.4 Å². The summed E-state index contributed by atoms with van der Waals surface area (Å²) in [5.74, 6) is -0.894. The summed E-state index contributed by atoms with van der Waals surface area (Å²) < 4.78 is 38.9. The fourth-order valence-corrected chi connectivity index (χ4v) is 2.57. The Balaban J connectivity index is 2.49. The molecule has 0 unspecified atom stereocenters. The molecule has 0 amide bonds. The van der Waals surface area contributed by atoms with Crippen LogP contribution in [0.3, 0.4) is 0 Å². The SMILES string of the molecule is O=[N+]([O-])c1cc(F)ccc1S(=O)(=O)Nc1cn[nH]c1. The molecule has 0 atom stereocenters. The lowest BCUT2D eigenvalue weighted by atomic mass is 10.3. The molecule has 10 heteroatoms. The number of nitro groups is 1. The molecule has 0 bridgehead atoms. The number of benzene rings is 1. The summed E-state index contributed by atoms with van der Waals surface area (Å²) in [6.07, 6.45) is 2.44. The predicted molar refractivity (Wildman–Crippen MR) is 62.5 cm³/mol. The number of aromatic nitrogens is 2. The van der Waals surface area contributed by atoms with E-state index in [1.54, 1.807) is 0 Å². The Bertz CT molecular complexity index is 714. The number of aromatic amines is 1. The second kappa shape index (κ2) is 4.65. The highest BCUT2D eigenvalue weighted by Gasteiger charge is 2.26. The van der Waals surface area contributed by atoms with E-state index in [1.807, 2.05) is 0 Å². The Hall–Kier alpha value is -2.49. The molecule has 0 saturated heterocycles. The van der Waals surface area contributed by atoms with Gasteiger partial charge < -0.3 is 0 Å². The van der Waals surface area contributed by atoms with Crippen molar-refractivity contribution < 1.29 is 17.7 Å². The topological polar surface area (TPSA) is 118 Å². The smallest absolute Gasteiger partial charge is 0.284 e. The van der Waals surface area contributed by atoms with Gasteiger partial charge in [0.25, 0.3) is 15.7 Å². The fraction of sp³-hybridized carbons (Fsp3) is 0. The molecule has 2 rings (SSSR count). The third-order valence-electron chi connectivity index (χ3n) is 2.16. The molecule has 1 aromatic carbocycles. The van der Waals surface area contributed by atoms with Crippen LogP contribution in [0.15, 0.2) is 35.5 Å². The van der Waals surface area contributed by atoms with Crippen molar-refractivity contribution in [3.05, 3.63) is 46.5 Å². The van der Waals surface area contributed by atoms with Gasteiger partial charge in [0.15, 0.2) is 4.90 Å². The molecule has 0 aliphatic heterocycles. The Morgan fingerprint density at radius 3 is 2.74 bits per heavy atom. The van der Waals surface area contributed by atoms with E-state index in [1.165, 1.54) is 12.4 Å². The van der Waals surface area contributed by atoms with Crippen LogP contribution in [0.5, 0.6) is 0 Å². The fourth-order valence-electron chi connectivity index (χ4n) is 1.38. The van der Waals surface area contributed by atoms with E-state index in [0.29, 0.717) is 6.07 Å². The van der Waals surface area contributed by atoms with E-state index < -0.39 is 31.3 Å². The summed E-state index contributed by atoms with van der Waals surface area (Å²) >= 11 is 0. The maximum atomic E-state index is 12.9. The van der Waals surface area contributed by atoms with Crippen LogP contribution in [0.25, 0.3) is 0 Å². The third-order valence-corrected chi connectivity index (χ3v) is 3.59. The zero-order valence-electron chi connectivity index (χ0n) is 9.20. The minimum atomic E-state index is -4.19. The normalized spacial score (nSPS) is 11.2. The van der Waals surface area contributed by atoms with Crippen LogP contribution in [0, 0.1) is 15.9 Å². The van der Waals surface area contributed by atoms with Gasteiger partial charge in [0.05, 0.1) is 22.9 Å². The molecular weight excluding hydrogens is 279 g/mol. The van der Waals surface area contributed by atoms with Crippen LogP contribution in [0.4, 0.5) is 15.8 Å². The first-order chi connectivity index (χ1) is 8.90. The molecule has 0 aliphatic rings. The molecule has 19 heavy (non-hydrogen) atoms. The van der Waals surface area contributed by atoms with Crippen molar-refractivity contribution in [3.63, 3.8) is 0 Å². The van der Waals surface area contributed by atoms with Gasteiger partial charge in [0.1, 0.15) is 5.82 Å². The van der Waals surface area contributed by atoms with Gasteiger partial charge in [-0.15, -0.1) is 0 Å². The van der Waals surface area contributed by atoms with Gasteiger partial charge >= 0.3 is 0 Å². The number of sulfonamides is 1. The number of nitrogens with zero attached hydrogens (tertiary/aromatic N) is 2. The van der Waals surface area contributed by atoms with Crippen LogP contribution in [-0.2, 0) is 10.0 Å². The van der Waals surface area contributed by atoms with Crippen LogP contribution in [0.1, 0.15) is 0 Å². The number of anilines is 1. The standard InChI is InChI=1S/C9H7FN4O4S/c10-6-1-2-9(8(3-6)14(15)16)19(17,18)13-7-4-11-12-5-7/h1-5,13H,(H,11,12). The Labute approximate surface area is 106 Å². The van der Waals surface area contributed by atoms with Crippen molar-refractivity contribution in [2.75, 3.05) is 4.72 Å². The largest absolute Gasteiger partial charge is 0.292 e. The molecule has 0 saturated carbocycles. The summed E-state index contributed by atoms with van der Waals surface area (Å²) in [6, 6.07) is 2.21. The van der Waals surface area contributed by atoms with E-state index in [4.69, 9.17) is 0 Å². The van der Waals surface area contributed by atoms with E-state index >= 15 is 0 Å². The van der Waals surface area contributed by atoms with E-state index in [2.05, 4.69) is 14.9 Å². The molecule has 1 aromatic heterocycles. The van der Waals surface area contributed by atoms with Gasteiger partial charge in [-0.25, -0.2) is 12.8 Å². The van der Waals surface area contributed by atoms with Crippen molar-refractivity contribution in [1.29, 1.82) is 0 Å². The second-order valence-electron chi connectivity index (χ2n) is 3.46. The third kappa shape index (κ3) is 2.68. The van der Waals surface area contributed by atoms with Crippen molar-refractivity contribution in [2.45, 2.75) is 4.90 Å². The minimum Gasteiger partial charge on any atom is -0.284 e. The highest BCUT2D eigenvalue weighted by Crippen LogP contribution is 2.26. The van der Waals surface area contributed by atoms with Gasteiger partial charge in [-0.1, -0.05) is 0 Å². The van der Waals surface area contributed by atoms with Crippen LogP contribution in [-0.4, -0.2) is 23.5 Å². The monoisotopic (exact) mass is 286 g/mol. The number of hydrogen-bond donors (Lipinski definition) is 2. The number of nitrogens with one attached hydrogen (secondary N) is 2. The Morgan fingerprint density at radius 1 is 1.42 bits per heavy atom. The predicted octanol–water partition coefficient (Wildman–Crippen LogP) is 1.26. The van der Waals surface area contributed by atoms with Crippen LogP contribution >= 0.6 is 0 Å². The van der Waals surface area contributed by atoms with Crippen molar-refractivity contribution in [1.82, 2.24) is 10.2 Å². The van der Waals surface area contributed by atoms with E-state index in [-0.39, 0.29) is 5.69 Å². The highest BCUT2D eigenvalue weighted by atomic mass is 32.2. The first-order valence-electron chi connectivity index (χ1n) is 4.86. The molecule has 100 valence electrons. The highest BCUT2D eigenvalue weighted by molar-refractivity contribution is 7.92. The first-order valence-corrected chi connectivity index (χ1v) is 6.34. The summed E-state index contributed by atoms with van der Waals surface area (Å²) in [5, 5.41) is 16.7. The van der Waals surface area contributed by atoms with Gasteiger partial charge in [-0.2, -0.15) is 5.10 Å². The Morgan fingerprint density at radius 2 is 2.16 bits per heavy atom.